The Hall–Kier alpha value is -4.17. The van der Waals surface area contributed by atoms with Crippen molar-refractivity contribution in [2.75, 3.05) is 32.7 Å². The number of hydrogen-bond acceptors (Lipinski definition) is 5. The van der Waals surface area contributed by atoms with E-state index < -0.39 is 11.6 Å². The lowest BCUT2D eigenvalue weighted by molar-refractivity contribution is 0.0951. The summed E-state index contributed by atoms with van der Waals surface area (Å²) in [6.45, 7) is 3.77. The van der Waals surface area contributed by atoms with Crippen LogP contribution in [0.1, 0.15) is 45.8 Å². The Morgan fingerprint density at radius 3 is 2.62 bits per heavy atom. The molecule has 6 nitrogen and oxygen atoms in total. The minimum absolute atomic E-state index is 0.191. The summed E-state index contributed by atoms with van der Waals surface area (Å²) in [5.41, 5.74) is 2.74. The number of carbonyl (C=O) groups excluding carboxylic acids is 1. The number of likely N-dealkylation sites (tertiary alicyclic amines) is 1. The van der Waals surface area contributed by atoms with Gasteiger partial charge in [-0.1, -0.05) is 42.5 Å². The van der Waals surface area contributed by atoms with E-state index in [-0.39, 0.29) is 36.1 Å². The summed E-state index contributed by atoms with van der Waals surface area (Å²) in [5, 5.41) is 12.6. The van der Waals surface area contributed by atoms with Crippen LogP contribution in [-0.2, 0) is 11.2 Å². The SMILES string of the molecule is O=C(NCCc1cccc(F)c1F)c1ccccc1C1CCN(CCN2C=COC(c3cccc(O)c3)=C2)CC1. The molecule has 2 N–H and O–H groups in total. The van der Waals surface area contributed by atoms with Crippen LogP contribution in [0.3, 0.4) is 0 Å². The fraction of sp³-hybridized carbons (Fsp3) is 0.281. The molecule has 2 aliphatic heterocycles. The molecule has 0 aromatic heterocycles. The van der Waals surface area contributed by atoms with Gasteiger partial charge in [0.1, 0.15) is 17.8 Å². The van der Waals surface area contributed by atoms with E-state index in [1.807, 2.05) is 42.7 Å². The Kier molecular flexibility index (Phi) is 8.76. The van der Waals surface area contributed by atoms with Crippen molar-refractivity contribution in [1.82, 2.24) is 15.1 Å². The molecule has 208 valence electrons. The number of halogens is 2. The first-order valence-corrected chi connectivity index (χ1v) is 13.6. The molecule has 0 bridgehead atoms. The van der Waals surface area contributed by atoms with E-state index in [0.29, 0.717) is 11.3 Å². The number of ether oxygens (including phenoxy) is 1. The first kappa shape index (κ1) is 27.4. The summed E-state index contributed by atoms with van der Waals surface area (Å²) in [6, 6.07) is 18.8. The highest BCUT2D eigenvalue weighted by atomic mass is 19.2. The Labute approximate surface area is 233 Å². The van der Waals surface area contributed by atoms with E-state index in [0.717, 1.165) is 56.2 Å². The lowest BCUT2D eigenvalue weighted by atomic mass is 9.86. The fourth-order valence-corrected chi connectivity index (χ4v) is 5.28. The maximum Gasteiger partial charge on any atom is 0.251 e. The van der Waals surface area contributed by atoms with Gasteiger partial charge in [0.2, 0.25) is 0 Å². The number of piperidine rings is 1. The highest BCUT2D eigenvalue weighted by Crippen LogP contribution is 2.31. The van der Waals surface area contributed by atoms with Gasteiger partial charge in [-0.3, -0.25) is 4.79 Å². The Morgan fingerprint density at radius 1 is 1.00 bits per heavy atom. The molecule has 1 saturated heterocycles. The number of hydrogen-bond donors (Lipinski definition) is 2. The quantitative estimate of drug-likeness (QED) is 0.365. The van der Waals surface area contributed by atoms with Gasteiger partial charge in [-0.2, -0.15) is 0 Å². The third kappa shape index (κ3) is 6.69. The second-order valence-electron chi connectivity index (χ2n) is 10.1. The number of carbonyl (C=O) groups is 1. The zero-order chi connectivity index (χ0) is 27.9. The second-order valence-corrected chi connectivity index (χ2v) is 10.1. The Morgan fingerprint density at radius 2 is 1.80 bits per heavy atom. The summed E-state index contributed by atoms with van der Waals surface area (Å²) in [4.78, 5) is 17.5. The molecule has 0 atom stereocenters. The standard InChI is InChI=1S/C32H33F2N3O3/c33-29-10-4-5-24(31(29)34)11-14-35-32(39)28-9-2-1-8-27(28)23-12-15-36(16-13-23)17-18-37-19-20-40-30(22-37)25-6-3-7-26(38)21-25/h1-10,19-23,38H,11-18H2,(H,35,39). The van der Waals surface area contributed by atoms with Crippen molar-refractivity contribution in [3.8, 4) is 5.75 Å². The molecule has 0 spiro atoms. The number of phenolic OH excluding ortho intramolecular Hbond substituents is 1. The number of amides is 1. The first-order valence-electron chi connectivity index (χ1n) is 13.6. The summed E-state index contributed by atoms with van der Waals surface area (Å²) < 4.78 is 33.0. The van der Waals surface area contributed by atoms with Crippen molar-refractivity contribution >= 4 is 11.7 Å². The van der Waals surface area contributed by atoms with Crippen molar-refractivity contribution in [2.24, 2.45) is 0 Å². The van der Waals surface area contributed by atoms with E-state index in [4.69, 9.17) is 4.74 Å². The predicted molar refractivity (Wildman–Crippen MR) is 150 cm³/mol. The molecule has 3 aromatic carbocycles. The normalized spacial score (nSPS) is 15.9. The highest BCUT2D eigenvalue weighted by Gasteiger charge is 2.24. The van der Waals surface area contributed by atoms with Crippen LogP contribution in [0.5, 0.6) is 5.75 Å². The predicted octanol–water partition coefficient (Wildman–Crippen LogP) is 5.62. The van der Waals surface area contributed by atoms with Crippen LogP contribution in [0.25, 0.3) is 5.76 Å². The number of nitrogens with one attached hydrogen (secondary N) is 1. The van der Waals surface area contributed by atoms with Crippen molar-refractivity contribution in [3.63, 3.8) is 0 Å². The van der Waals surface area contributed by atoms with E-state index in [1.54, 1.807) is 24.5 Å². The van der Waals surface area contributed by atoms with Crippen LogP contribution < -0.4 is 5.32 Å². The average molecular weight is 546 g/mol. The molecule has 8 heteroatoms. The second kappa shape index (κ2) is 12.8. The van der Waals surface area contributed by atoms with Crippen molar-refractivity contribution < 1.29 is 23.4 Å². The van der Waals surface area contributed by atoms with Gasteiger partial charge in [0, 0.05) is 43.2 Å². The van der Waals surface area contributed by atoms with Gasteiger partial charge in [0.25, 0.3) is 5.91 Å². The molecular weight excluding hydrogens is 512 g/mol. The lowest BCUT2D eigenvalue weighted by Crippen LogP contribution is -2.38. The Bertz CT molecular complexity index is 1400. The third-order valence-electron chi connectivity index (χ3n) is 7.48. The molecule has 2 aliphatic rings. The van der Waals surface area contributed by atoms with E-state index in [2.05, 4.69) is 15.1 Å². The molecule has 0 saturated carbocycles. The van der Waals surface area contributed by atoms with Crippen molar-refractivity contribution in [1.29, 1.82) is 0 Å². The van der Waals surface area contributed by atoms with Gasteiger partial charge in [0.05, 0.1) is 0 Å². The molecule has 40 heavy (non-hydrogen) atoms. The zero-order valence-corrected chi connectivity index (χ0v) is 22.2. The molecule has 0 radical (unpaired) electrons. The number of nitrogens with zero attached hydrogens (tertiary/aromatic N) is 2. The molecule has 3 aromatic rings. The summed E-state index contributed by atoms with van der Waals surface area (Å²) in [7, 11) is 0. The minimum atomic E-state index is -0.878. The van der Waals surface area contributed by atoms with Crippen LogP contribution in [-0.4, -0.2) is 53.5 Å². The molecule has 0 unspecified atom stereocenters. The molecule has 2 heterocycles. The summed E-state index contributed by atoms with van der Waals surface area (Å²) in [5.74, 6) is -0.766. The van der Waals surface area contributed by atoms with Crippen LogP contribution >= 0.6 is 0 Å². The number of benzene rings is 3. The minimum Gasteiger partial charge on any atom is -0.508 e. The number of phenols is 1. The Balaban J connectivity index is 1.12. The van der Waals surface area contributed by atoms with Crippen LogP contribution in [0, 0.1) is 11.6 Å². The van der Waals surface area contributed by atoms with Crippen LogP contribution in [0.15, 0.2) is 85.4 Å². The van der Waals surface area contributed by atoms with Crippen molar-refractivity contribution in [2.45, 2.75) is 25.2 Å². The van der Waals surface area contributed by atoms with Crippen LogP contribution in [0.4, 0.5) is 8.78 Å². The maximum absolute atomic E-state index is 13.9. The molecular formula is C32H33F2N3O3. The average Bonchev–Trinajstić information content (AvgIpc) is 2.98. The highest BCUT2D eigenvalue weighted by molar-refractivity contribution is 5.95. The number of rotatable bonds is 9. The smallest absolute Gasteiger partial charge is 0.251 e. The van der Waals surface area contributed by atoms with E-state index in [1.165, 1.54) is 12.1 Å². The monoisotopic (exact) mass is 545 g/mol. The van der Waals surface area contributed by atoms with Crippen molar-refractivity contribution in [3.05, 3.63) is 119 Å². The number of aromatic hydroxyl groups is 1. The topological polar surface area (TPSA) is 65.0 Å². The van der Waals surface area contributed by atoms with Crippen LogP contribution in [0.2, 0.25) is 0 Å². The maximum atomic E-state index is 13.9. The van der Waals surface area contributed by atoms with E-state index >= 15 is 0 Å². The summed E-state index contributed by atoms with van der Waals surface area (Å²) >= 11 is 0. The molecule has 1 amide bonds. The van der Waals surface area contributed by atoms with Gasteiger partial charge in [-0.25, -0.2) is 8.78 Å². The van der Waals surface area contributed by atoms with Gasteiger partial charge >= 0.3 is 0 Å². The van der Waals surface area contributed by atoms with Gasteiger partial charge in [-0.15, -0.1) is 0 Å². The zero-order valence-electron chi connectivity index (χ0n) is 22.2. The van der Waals surface area contributed by atoms with Gasteiger partial charge in [-0.05, 0) is 73.7 Å². The van der Waals surface area contributed by atoms with E-state index in [9.17, 15) is 18.7 Å². The first-order chi connectivity index (χ1) is 19.5. The fourth-order valence-electron chi connectivity index (χ4n) is 5.28. The molecule has 0 aliphatic carbocycles. The van der Waals surface area contributed by atoms with Gasteiger partial charge < -0.3 is 25.0 Å². The molecule has 5 rings (SSSR count). The lowest BCUT2D eigenvalue weighted by Gasteiger charge is -2.34. The van der Waals surface area contributed by atoms with Gasteiger partial charge in [0.15, 0.2) is 11.6 Å². The molecule has 1 fully saturated rings. The largest absolute Gasteiger partial charge is 0.508 e. The third-order valence-corrected chi connectivity index (χ3v) is 7.48. The summed E-state index contributed by atoms with van der Waals surface area (Å²) in [6.07, 6.45) is 7.61.